The van der Waals surface area contributed by atoms with Crippen molar-refractivity contribution in [3.63, 3.8) is 0 Å². The van der Waals surface area contributed by atoms with Crippen LogP contribution in [0.25, 0.3) is 0 Å². The van der Waals surface area contributed by atoms with Crippen LogP contribution in [-0.4, -0.2) is 33.0 Å². The van der Waals surface area contributed by atoms with Crippen molar-refractivity contribution in [2.45, 2.75) is 19.8 Å². The molecule has 0 bridgehead atoms. The predicted octanol–water partition coefficient (Wildman–Crippen LogP) is 2.03. The number of benzene rings is 1. The second-order valence-corrected chi connectivity index (χ2v) is 7.79. The third-order valence-electron chi connectivity index (χ3n) is 4.00. The summed E-state index contributed by atoms with van der Waals surface area (Å²) in [5, 5.41) is 3.32. The molecule has 1 aromatic rings. The van der Waals surface area contributed by atoms with E-state index in [0.29, 0.717) is 11.5 Å². The van der Waals surface area contributed by atoms with Gasteiger partial charge in [0.25, 0.3) is 0 Å². The molecule has 0 aromatic heterocycles. The van der Waals surface area contributed by atoms with E-state index in [9.17, 15) is 12.8 Å². The van der Waals surface area contributed by atoms with Crippen LogP contribution in [0.4, 0.5) is 4.39 Å². The van der Waals surface area contributed by atoms with Gasteiger partial charge < -0.3 is 5.32 Å². The van der Waals surface area contributed by atoms with Gasteiger partial charge in [0, 0.05) is 0 Å². The minimum Gasteiger partial charge on any atom is -0.317 e. The van der Waals surface area contributed by atoms with Gasteiger partial charge in [0.1, 0.15) is 5.82 Å². The van der Waals surface area contributed by atoms with Crippen LogP contribution in [-0.2, 0) is 16.3 Å². The molecule has 1 aliphatic rings. The van der Waals surface area contributed by atoms with E-state index in [4.69, 9.17) is 0 Å². The maximum Gasteiger partial charge on any atom is 0.150 e. The van der Waals surface area contributed by atoms with E-state index < -0.39 is 9.84 Å². The van der Waals surface area contributed by atoms with E-state index in [-0.39, 0.29) is 17.7 Å². The van der Waals surface area contributed by atoms with Crippen LogP contribution in [0.2, 0.25) is 0 Å². The molecule has 1 aliphatic heterocycles. The van der Waals surface area contributed by atoms with Crippen molar-refractivity contribution in [3.8, 4) is 0 Å². The topological polar surface area (TPSA) is 46.2 Å². The van der Waals surface area contributed by atoms with Crippen LogP contribution in [0.3, 0.4) is 0 Å². The summed E-state index contributed by atoms with van der Waals surface area (Å²) in [5.41, 5.74) is 1.07. The SMILES string of the molecule is CCNCC(Cc1ccc(F)cc1)C1CCS(=O)(=O)C1. The van der Waals surface area contributed by atoms with Gasteiger partial charge in [0.05, 0.1) is 11.5 Å². The lowest BCUT2D eigenvalue weighted by molar-refractivity contribution is 0.346. The van der Waals surface area contributed by atoms with Crippen LogP contribution >= 0.6 is 0 Å². The summed E-state index contributed by atoms with van der Waals surface area (Å²) < 4.78 is 36.2. The molecule has 3 nitrogen and oxygen atoms in total. The average molecular weight is 299 g/mol. The first-order valence-corrected chi connectivity index (χ1v) is 8.98. The molecule has 0 aliphatic carbocycles. The van der Waals surface area contributed by atoms with E-state index in [1.165, 1.54) is 12.1 Å². The third kappa shape index (κ3) is 4.28. The van der Waals surface area contributed by atoms with Gasteiger partial charge in [-0.1, -0.05) is 19.1 Å². The first-order valence-electron chi connectivity index (χ1n) is 7.16. The van der Waals surface area contributed by atoms with E-state index in [1.54, 1.807) is 12.1 Å². The standard InChI is InChI=1S/C15H22FNO2S/c1-2-17-10-14(13-7-8-20(18,19)11-13)9-12-3-5-15(16)6-4-12/h3-6,13-14,17H,2,7-11H2,1H3. The summed E-state index contributed by atoms with van der Waals surface area (Å²) in [5.74, 6) is 0.871. The van der Waals surface area contributed by atoms with Gasteiger partial charge in [-0.2, -0.15) is 0 Å². The van der Waals surface area contributed by atoms with Crippen LogP contribution < -0.4 is 5.32 Å². The molecule has 1 fully saturated rings. The lowest BCUT2D eigenvalue weighted by Gasteiger charge is -2.23. The Morgan fingerprint density at radius 2 is 2.05 bits per heavy atom. The predicted molar refractivity (Wildman–Crippen MR) is 78.9 cm³/mol. The van der Waals surface area contributed by atoms with Crippen LogP contribution in [0.1, 0.15) is 18.9 Å². The Kier molecular flexibility index (Phi) is 5.16. The third-order valence-corrected chi connectivity index (χ3v) is 5.80. The van der Waals surface area contributed by atoms with Gasteiger partial charge in [-0.3, -0.25) is 0 Å². The number of sulfone groups is 1. The summed E-state index contributed by atoms with van der Waals surface area (Å²) >= 11 is 0. The summed E-state index contributed by atoms with van der Waals surface area (Å²) in [6, 6.07) is 6.51. The molecule has 1 saturated heterocycles. The minimum absolute atomic E-state index is 0.212. The highest BCUT2D eigenvalue weighted by Crippen LogP contribution is 2.28. The van der Waals surface area contributed by atoms with Gasteiger partial charge in [-0.15, -0.1) is 0 Å². The zero-order valence-electron chi connectivity index (χ0n) is 11.8. The Morgan fingerprint density at radius 1 is 1.35 bits per heavy atom. The van der Waals surface area contributed by atoms with Crippen LogP contribution in [0.15, 0.2) is 24.3 Å². The van der Waals surface area contributed by atoms with E-state index in [2.05, 4.69) is 5.32 Å². The lowest BCUT2D eigenvalue weighted by atomic mass is 9.86. The molecule has 20 heavy (non-hydrogen) atoms. The zero-order chi connectivity index (χ0) is 14.6. The molecule has 1 N–H and O–H groups in total. The van der Waals surface area contributed by atoms with Crippen molar-refractivity contribution in [1.29, 1.82) is 0 Å². The van der Waals surface area contributed by atoms with Gasteiger partial charge in [-0.05, 0) is 55.5 Å². The van der Waals surface area contributed by atoms with Gasteiger partial charge in [0.15, 0.2) is 9.84 Å². The van der Waals surface area contributed by atoms with Crippen molar-refractivity contribution in [2.24, 2.45) is 11.8 Å². The summed E-state index contributed by atoms with van der Waals surface area (Å²) in [4.78, 5) is 0. The normalized spacial score (nSPS) is 22.8. The highest BCUT2D eigenvalue weighted by atomic mass is 32.2. The second kappa shape index (κ2) is 6.68. The molecule has 2 rings (SSSR count). The molecular weight excluding hydrogens is 277 g/mol. The van der Waals surface area contributed by atoms with Crippen molar-refractivity contribution in [2.75, 3.05) is 24.6 Å². The van der Waals surface area contributed by atoms with Crippen molar-refractivity contribution in [3.05, 3.63) is 35.6 Å². The van der Waals surface area contributed by atoms with E-state index in [1.807, 2.05) is 6.92 Å². The largest absolute Gasteiger partial charge is 0.317 e. The second-order valence-electron chi connectivity index (χ2n) is 5.56. The number of nitrogens with one attached hydrogen (secondary N) is 1. The quantitative estimate of drug-likeness (QED) is 0.874. The van der Waals surface area contributed by atoms with Gasteiger partial charge in [-0.25, -0.2) is 12.8 Å². The number of hydrogen-bond donors (Lipinski definition) is 1. The van der Waals surface area contributed by atoms with Crippen LogP contribution in [0.5, 0.6) is 0 Å². The number of hydrogen-bond acceptors (Lipinski definition) is 3. The molecule has 2 unspecified atom stereocenters. The van der Waals surface area contributed by atoms with Gasteiger partial charge >= 0.3 is 0 Å². The van der Waals surface area contributed by atoms with E-state index >= 15 is 0 Å². The zero-order valence-corrected chi connectivity index (χ0v) is 12.6. The number of halogens is 1. The maximum atomic E-state index is 12.9. The fraction of sp³-hybridized carbons (Fsp3) is 0.600. The Balaban J connectivity index is 2.05. The Hall–Kier alpha value is -0.940. The first kappa shape index (κ1) is 15.4. The molecule has 0 radical (unpaired) electrons. The summed E-state index contributed by atoms with van der Waals surface area (Å²) in [6.45, 7) is 3.73. The molecule has 112 valence electrons. The fourth-order valence-electron chi connectivity index (χ4n) is 2.85. The van der Waals surface area contributed by atoms with Crippen molar-refractivity contribution >= 4 is 9.84 Å². The molecule has 2 atom stereocenters. The Morgan fingerprint density at radius 3 is 2.60 bits per heavy atom. The molecule has 1 aromatic carbocycles. The smallest absolute Gasteiger partial charge is 0.150 e. The highest BCUT2D eigenvalue weighted by molar-refractivity contribution is 7.91. The van der Waals surface area contributed by atoms with Crippen molar-refractivity contribution < 1.29 is 12.8 Å². The Bertz CT molecular complexity index is 527. The maximum absolute atomic E-state index is 12.9. The first-order chi connectivity index (χ1) is 9.50. The molecule has 1 heterocycles. The molecule has 5 heteroatoms. The fourth-order valence-corrected chi connectivity index (χ4v) is 4.77. The lowest BCUT2D eigenvalue weighted by Crippen LogP contribution is -2.30. The molecular formula is C15H22FNO2S. The van der Waals surface area contributed by atoms with E-state index in [0.717, 1.165) is 31.5 Å². The summed E-state index contributed by atoms with van der Waals surface area (Å²) in [7, 11) is -2.85. The van der Waals surface area contributed by atoms with Crippen molar-refractivity contribution in [1.82, 2.24) is 5.32 Å². The number of rotatable bonds is 6. The minimum atomic E-state index is -2.85. The molecule has 0 spiro atoms. The van der Waals surface area contributed by atoms with Crippen LogP contribution in [0, 0.1) is 17.7 Å². The Labute approximate surface area is 120 Å². The average Bonchev–Trinajstić information content (AvgIpc) is 2.77. The molecule has 0 saturated carbocycles. The monoisotopic (exact) mass is 299 g/mol. The molecule has 0 amide bonds. The highest BCUT2D eigenvalue weighted by Gasteiger charge is 2.33. The van der Waals surface area contributed by atoms with Gasteiger partial charge in [0.2, 0.25) is 0 Å². The summed E-state index contributed by atoms with van der Waals surface area (Å²) in [6.07, 6.45) is 1.55.